The first-order valence-corrected chi connectivity index (χ1v) is 15.0. The number of hydrogen-bond acceptors (Lipinski definition) is 6. The maximum absolute atomic E-state index is 5.15. The fourth-order valence-electron chi connectivity index (χ4n) is 6.81. The van der Waals surface area contributed by atoms with E-state index in [1.807, 2.05) is 49.2 Å². The van der Waals surface area contributed by atoms with Crippen LogP contribution in [-0.2, 0) is 0 Å². The van der Waals surface area contributed by atoms with Gasteiger partial charge in [0, 0.05) is 75.1 Å². The predicted octanol–water partition coefficient (Wildman–Crippen LogP) is 8.22. The van der Waals surface area contributed by atoms with Gasteiger partial charge in [0.05, 0.1) is 50.7 Å². The zero-order valence-electron chi connectivity index (χ0n) is 24.3. The molecule has 10 rings (SSSR count). The Bertz CT molecular complexity index is 2830. The predicted molar refractivity (Wildman–Crippen MR) is 182 cm³/mol. The molecule has 3 aromatic carbocycles. The highest BCUT2D eigenvalue weighted by Crippen LogP contribution is 2.41. The Morgan fingerprint density at radius 1 is 0.500 bits per heavy atom. The van der Waals surface area contributed by atoms with Crippen molar-refractivity contribution in [1.29, 1.82) is 0 Å². The van der Waals surface area contributed by atoms with Crippen molar-refractivity contribution < 1.29 is 0 Å². The van der Waals surface area contributed by atoms with Crippen molar-refractivity contribution in [3.05, 3.63) is 134 Å². The van der Waals surface area contributed by atoms with Crippen LogP contribution in [0.4, 0.5) is 0 Å². The highest BCUT2D eigenvalue weighted by Gasteiger charge is 2.22. The monoisotopic (exact) mass is 590 g/mol. The molecule has 0 radical (unpaired) electrons. The van der Waals surface area contributed by atoms with Crippen LogP contribution in [-0.4, -0.2) is 39.0 Å². The maximum Gasteiger partial charge on any atom is 0.235 e. The quantitative estimate of drug-likeness (QED) is 0.206. The minimum Gasteiger partial charge on any atom is -0.308 e. The molecule has 7 heterocycles. The topological polar surface area (TPSA) is 87.2 Å². The summed E-state index contributed by atoms with van der Waals surface area (Å²) in [5.74, 6) is 0.595. The van der Waals surface area contributed by atoms with Crippen molar-refractivity contribution in [1.82, 2.24) is 39.0 Å². The molecule has 0 fully saturated rings. The summed E-state index contributed by atoms with van der Waals surface area (Å²) in [6.07, 6.45) is 12.8. The lowest BCUT2D eigenvalue weighted by Gasteiger charge is -2.10. The lowest BCUT2D eigenvalue weighted by molar-refractivity contribution is 0.994. The SMILES string of the molecule is c1ccc2c(c1)c1c(ccc3c4ccccc4n(-c4nccc(-c5cnc6ccncc6c5)n4)c31)n2-c1cnc2ccncc2c1. The molecule has 0 aliphatic heterocycles. The van der Waals surface area contributed by atoms with Crippen LogP contribution < -0.4 is 0 Å². The highest BCUT2D eigenvalue weighted by molar-refractivity contribution is 6.26. The molecule has 8 heteroatoms. The van der Waals surface area contributed by atoms with Crippen LogP contribution in [0.5, 0.6) is 0 Å². The van der Waals surface area contributed by atoms with Gasteiger partial charge in [0.25, 0.3) is 0 Å². The van der Waals surface area contributed by atoms with E-state index in [2.05, 4.69) is 96.9 Å². The molecule has 10 aromatic rings. The molecule has 0 spiro atoms. The number of benzene rings is 3. The van der Waals surface area contributed by atoms with Gasteiger partial charge in [-0.3, -0.25) is 24.5 Å². The van der Waals surface area contributed by atoms with Crippen LogP contribution in [0.2, 0.25) is 0 Å². The van der Waals surface area contributed by atoms with Crippen LogP contribution in [0.15, 0.2) is 134 Å². The second-order valence-electron chi connectivity index (χ2n) is 11.4. The van der Waals surface area contributed by atoms with Gasteiger partial charge in [0.2, 0.25) is 5.95 Å². The molecule has 8 nitrogen and oxygen atoms in total. The normalized spacial score (nSPS) is 11.9. The van der Waals surface area contributed by atoms with Crippen LogP contribution in [0.25, 0.3) is 88.3 Å². The standard InChI is InChI=1S/C38H22N8/c1-3-7-33-27(5-1)28-9-10-35-36(29-6-2-4-8-34(29)45(35)26-18-25-20-40-15-12-31(25)43-22-26)37(28)46(33)38-41-16-13-32(44-38)24-17-23-19-39-14-11-30(23)42-21-24/h1-22H. The van der Waals surface area contributed by atoms with Gasteiger partial charge in [-0.1, -0.05) is 42.5 Å². The van der Waals surface area contributed by atoms with Crippen molar-refractivity contribution in [3.63, 3.8) is 0 Å². The van der Waals surface area contributed by atoms with Gasteiger partial charge in [-0.2, -0.15) is 0 Å². The van der Waals surface area contributed by atoms with Gasteiger partial charge in [0.1, 0.15) is 0 Å². The second-order valence-corrected chi connectivity index (χ2v) is 11.4. The molecule has 0 unspecified atom stereocenters. The summed E-state index contributed by atoms with van der Waals surface area (Å²) < 4.78 is 4.49. The third-order valence-electron chi connectivity index (χ3n) is 8.82. The summed E-state index contributed by atoms with van der Waals surface area (Å²) >= 11 is 0. The van der Waals surface area contributed by atoms with E-state index in [1.165, 1.54) is 0 Å². The number of fused-ring (bicyclic) bond motifs is 9. The average molecular weight is 591 g/mol. The molecule has 0 saturated carbocycles. The summed E-state index contributed by atoms with van der Waals surface area (Å²) in [6.45, 7) is 0. The van der Waals surface area contributed by atoms with Gasteiger partial charge in [0.15, 0.2) is 0 Å². The van der Waals surface area contributed by atoms with E-state index < -0.39 is 0 Å². The maximum atomic E-state index is 5.15. The Balaban J connectivity index is 1.29. The van der Waals surface area contributed by atoms with Gasteiger partial charge in [-0.15, -0.1) is 0 Å². The van der Waals surface area contributed by atoms with Crippen molar-refractivity contribution >= 4 is 65.4 Å². The van der Waals surface area contributed by atoms with E-state index in [0.717, 1.165) is 82.4 Å². The average Bonchev–Trinajstić information content (AvgIpc) is 3.64. The van der Waals surface area contributed by atoms with Crippen LogP contribution in [0.1, 0.15) is 0 Å². The van der Waals surface area contributed by atoms with E-state index in [-0.39, 0.29) is 0 Å². The third kappa shape index (κ3) is 3.55. The van der Waals surface area contributed by atoms with Gasteiger partial charge in [-0.05, 0) is 48.5 Å². The zero-order valence-corrected chi connectivity index (χ0v) is 24.3. The zero-order chi connectivity index (χ0) is 30.2. The molecule has 46 heavy (non-hydrogen) atoms. The van der Waals surface area contributed by atoms with Crippen LogP contribution >= 0.6 is 0 Å². The third-order valence-corrected chi connectivity index (χ3v) is 8.82. The van der Waals surface area contributed by atoms with Crippen molar-refractivity contribution in [2.75, 3.05) is 0 Å². The fraction of sp³-hybridized carbons (Fsp3) is 0. The molecule has 0 bridgehead atoms. The lowest BCUT2D eigenvalue weighted by Crippen LogP contribution is -2.02. The first kappa shape index (κ1) is 24.9. The van der Waals surface area contributed by atoms with E-state index in [4.69, 9.17) is 15.0 Å². The summed E-state index contributed by atoms with van der Waals surface area (Å²) in [4.78, 5) is 28.1. The van der Waals surface area contributed by atoms with Gasteiger partial charge in [-0.25, -0.2) is 9.97 Å². The Morgan fingerprint density at radius 3 is 2.04 bits per heavy atom. The van der Waals surface area contributed by atoms with Crippen LogP contribution in [0, 0.1) is 0 Å². The lowest BCUT2D eigenvalue weighted by atomic mass is 10.1. The minimum atomic E-state index is 0.595. The Labute approximate surface area is 261 Å². The van der Waals surface area contributed by atoms with E-state index in [1.54, 1.807) is 12.4 Å². The van der Waals surface area contributed by atoms with Crippen molar-refractivity contribution in [2.45, 2.75) is 0 Å². The molecule has 0 aliphatic rings. The number of aromatic nitrogens is 8. The number of para-hydroxylation sites is 2. The summed E-state index contributed by atoms with van der Waals surface area (Å²) in [6, 6.07) is 31.4. The molecule has 0 amide bonds. The number of pyridine rings is 4. The molecular weight excluding hydrogens is 568 g/mol. The Morgan fingerprint density at radius 2 is 1.22 bits per heavy atom. The smallest absolute Gasteiger partial charge is 0.235 e. The molecule has 0 N–H and O–H groups in total. The first-order chi connectivity index (χ1) is 22.8. The summed E-state index contributed by atoms with van der Waals surface area (Å²) in [5.41, 5.74) is 8.75. The molecule has 0 saturated heterocycles. The largest absolute Gasteiger partial charge is 0.308 e. The number of hydrogen-bond donors (Lipinski definition) is 0. The number of rotatable bonds is 3. The Hall–Kier alpha value is -6.54. The van der Waals surface area contributed by atoms with Crippen molar-refractivity contribution in [2.24, 2.45) is 0 Å². The first-order valence-electron chi connectivity index (χ1n) is 15.0. The van der Waals surface area contributed by atoms with E-state index in [0.29, 0.717) is 5.95 Å². The second kappa shape index (κ2) is 9.48. The fourth-order valence-corrected chi connectivity index (χ4v) is 6.81. The molecule has 7 aromatic heterocycles. The highest BCUT2D eigenvalue weighted by atomic mass is 15.2. The van der Waals surface area contributed by atoms with Gasteiger partial charge < -0.3 is 4.57 Å². The molecule has 0 aliphatic carbocycles. The number of nitrogens with zero attached hydrogens (tertiary/aromatic N) is 8. The van der Waals surface area contributed by atoms with Crippen LogP contribution in [0.3, 0.4) is 0 Å². The Kier molecular flexibility index (Phi) is 5.12. The summed E-state index contributed by atoms with van der Waals surface area (Å²) in [7, 11) is 0. The molecule has 214 valence electrons. The molecule has 0 atom stereocenters. The van der Waals surface area contributed by atoms with E-state index >= 15 is 0 Å². The molecular formula is C38H22N8. The van der Waals surface area contributed by atoms with Gasteiger partial charge >= 0.3 is 0 Å². The van der Waals surface area contributed by atoms with E-state index in [9.17, 15) is 0 Å². The summed E-state index contributed by atoms with van der Waals surface area (Å²) in [5, 5.41) is 6.50. The minimum absolute atomic E-state index is 0.595. The van der Waals surface area contributed by atoms with Crippen molar-refractivity contribution in [3.8, 4) is 22.9 Å².